The van der Waals surface area contributed by atoms with Crippen LogP contribution in [0.4, 0.5) is 5.69 Å². The Morgan fingerprint density at radius 2 is 1.88 bits per heavy atom. The molecule has 0 aliphatic heterocycles. The van der Waals surface area contributed by atoms with Crippen molar-refractivity contribution in [1.82, 2.24) is 0 Å². The van der Waals surface area contributed by atoms with Gasteiger partial charge in [-0.25, -0.2) is 0 Å². The normalized spacial score (nSPS) is 10.3. The number of ether oxygens (including phenoxy) is 1. The number of carbonyl (C=O) groups is 2. The zero-order valence-electron chi connectivity index (χ0n) is 13.4. The second kappa shape index (κ2) is 9.72. The first-order valence-corrected chi connectivity index (χ1v) is 8.78. The van der Waals surface area contributed by atoms with Crippen LogP contribution in [0.15, 0.2) is 41.8 Å². The number of carboxylic acids is 1. The van der Waals surface area contributed by atoms with Gasteiger partial charge in [0.15, 0.2) is 0 Å². The summed E-state index contributed by atoms with van der Waals surface area (Å²) in [6.45, 7) is 0.362. The van der Waals surface area contributed by atoms with Gasteiger partial charge in [-0.05, 0) is 55.0 Å². The lowest BCUT2D eigenvalue weighted by Gasteiger charge is -2.08. The van der Waals surface area contributed by atoms with Crippen molar-refractivity contribution in [1.29, 1.82) is 0 Å². The first kappa shape index (κ1) is 18.0. The zero-order chi connectivity index (χ0) is 17.2. The number of hydrogen-bond donors (Lipinski definition) is 2. The SMILES string of the molecule is O=C(O)CCCOc1ccc(NC(=O)CCCc2cccs2)cc1. The van der Waals surface area contributed by atoms with Gasteiger partial charge in [-0.15, -0.1) is 11.3 Å². The van der Waals surface area contributed by atoms with E-state index in [1.807, 2.05) is 11.4 Å². The molecule has 2 aromatic rings. The van der Waals surface area contributed by atoms with Crippen LogP contribution in [0, 0.1) is 0 Å². The minimum Gasteiger partial charge on any atom is -0.494 e. The number of thiophene rings is 1. The van der Waals surface area contributed by atoms with Gasteiger partial charge < -0.3 is 15.2 Å². The van der Waals surface area contributed by atoms with Gasteiger partial charge in [-0.1, -0.05) is 6.07 Å². The molecule has 0 radical (unpaired) electrons. The maximum absolute atomic E-state index is 11.9. The lowest BCUT2D eigenvalue weighted by Crippen LogP contribution is -2.11. The largest absolute Gasteiger partial charge is 0.494 e. The molecule has 5 nitrogen and oxygen atoms in total. The van der Waals surface area contributed by atoms with Gasteiger partial charge in [0.2, 0.25) is 5.91 Å². The van der Waals surface area contributed by atoms with Crippen LogP contribution in [0.1, 0.15) is 30.6 Å². The van der Waals surface area contributed by atoms with E-state index < -0.39 is 5.97 Å². The third-order valence-corrected chi connectivity index (χ3v) is 4.29. The van der Waals surface area contributed by atoms with Crippen LogP contribution in [0.25, 0.3) is 0 Å². The molecule has 24 heavy (non-hydrogen) atoms. The van der Waals surface area contributed by atoms with E-state index in [9.17, 15) is 9.59 Å². The highest BCUT2D eigenvalue weighted by Gasteiger charge is 2.04. The van der Waals surface area contributed by atoms with Gasteiger partial charge in [0.25, 0.3) is 0 Å². The number of carboxylic acid groups (broad SMARTS) is 1. The molecule has 2 N–H and O–H groups in total. The number of hydrogen-bond acceptors (Lipinski definition) is 4. The number of amides is 1. The van der Waals surface area contributed by atoms with Crippen molar-refractivity contribution in [3.05, 3.63) is 46.7 Å². The van der Waals surface area contributed by atoms with Crippen LogP contribution in [0.3, 0.4) is 0 Å². The van der Waals surface area contributed by atoms with Gasteiger partial charge in [-0.3, -0.25) is 9.59 Å². The summed E-state index contributed by atoms with van der Waals surface area (Å²) in [6.07, 6.45) is 2.81. The van der Waals surface area contributed by atoms with E-state index in [2.05, 4.69) is 11.4 Å². The Hall–Kier alpha value is -2.34. The number of anilines is 1. The highest BCUT2D eigenvalue weighted by Crippen LogP contribution is 2.17. The average Bonchev–Trinajstić information content (AvgIpc) is 3.06. The lowest BCUT2D eigenvalue weighted by atomic mass is 10.2. The molecule has 0 fully saturated rings. The van der Waals surface area contributed by atoms with E-state index in [4.69, 9.17) is 9.84 Å². The summed E-state index contributed by atoms with van der Waals surface area (Å²) in [5, 5.41) is 13.5. The molecule has 0 bridgehead atoms. The predicted molar refractivity (Wildman–Crippen MR) is 94.7 cm³/mol. The topological polar surface area (TPSA) is 75.6 Å². The molecule has 0 atom stereocenters. The Kier molecular flexibility index (Phi) is 7.29. The maximum atomic E-state index is 11.9. The minimum absolute atomic E-state index is 0.00156. The third-order valence-electron chi connectivity index (χ3n) is 3.35. The fourth-order valence-electron chi connectivity index (χ4n) is 2.15. The lowest BCUT2D eigenvalue weighted by molar-refractivity contribution is -0.137. The van der Waals surface area contributed by atoms with E-state index >= 15 is 0 Å². The summed E-state index contributed by atoms with van der Waals surface area (Å²) in [4.78, 5) is 23.6. The van der Waals surface area contributed by atoms with E-state index in [1.165, 1.54) is 4.88 Å². The predicted octanol–water partition coefficient (Wildman–Crippen LogP) is 3.95. The number of aryl methyl sites for hydroxylation is 1. The van der Waals surface area contributed by atoms with Crippen LogP contribution < -0.4 is 10.1 Å². The molecular weight excluding hydrogens is 326 g/mol. The van der Waals surface area contributed by atoms with Gasteiger partial charge in [0.05, 0.1) is 6.61 Å². The number of aliphatic carboxylic acids is 1. The molecule has 0 saturated heterocycles. The second-order valence-corrected chi connectivity index (χ2v) is 6.38. The summed E-state index contributed by atoms with van der Waals surface area (Å²) >= 11 is 1.71. The maximum Gasteiger partial charge on any atom is 0.303 e. The Morgan fingerprint density at radius 1 is 1.08 bits per heavy atom. The highest BCUT2D eigenvalue weighted by atomic mass is 32.1. The van der Waals surface area contributed by atoms with E-state index in [0.717, 1.165) is 18.5 Å². The van der Waals surface area contributed by atoms with Gasteiger partial charge >= 0.3 is 5.97 Å². The van der Waals surface area contributed by atoms with Crippen molar-refractivity contribution in [2.75, 3.05) is 11.9 Å². The summed E-state index contributed by atoms with van der Waals surface area (Å²) in [5.41, 5.74) is 0.731. The van der Waals surface area contributed by atoms with Crippen LogP contribution >= 0.6 is 11.3 Å². The Bertz CT molecular complexity index is 638. The van der Waals surface area contributed by atoms with E-state index in [-0.39, 0.29) is 12.3 Å². The molecule has 0 unspecified atom stereocenters. The molecule has 2 rings (SSSR count). The molecule has 0 spiro atoms. The molecule has 1 aromatic heterocycles. The van der Waals surface area contributed by atoms with Crippen LogP contribution in [-0.4, -0.2) is 23.6 Å². The monoisotopic (exact) mass is 347 g/mol. The Labute approximate surface area is 145 Å². The molecule has 1 aromatic carbocycles. The fraction of sp³-hybridized carbons (Fsp3) is 0.333. The van der Waals surface area contributed by atoms with Crippen molar-refractivity contribution >= 4 is 28.9 Å². The second-order valence-electron chi connectivity index (χ2n) is 5.35. The molecule has 0 aliphatic carbocycles. The molecule has 6 heteroatoms. The number of benzene rings is 1. The molecular formula is C18H21NO4S. The van der Waals surface area contributed by atoms with Crippen LogP contribution in [0.2, 0.25) is 0 Å². The van der Waals surface area contributed by atoms with Gasteiger partial charge in [0.1, 0.15) is 5.75 Å². The van der Waals surface area contributed by atoms with Gasteiger partial charge in [0, 0.05) is 23.4 Å². The molecule has 0 aliphatic rings. The van der Waals surface area contributed by atoms with Crippen LogP contribution in [0.5, 0.6) is 5.75 Å². The number of nitrogens with one attached hydrogen (secondary N) is 1. The summed E-state index contributed by atoms with van der Waals surface area (Å²) in [6, 6.07) is 11.2. The van der Waals surface area contributed by atoms with Crippen LogP contribution in [-0.2, 0) is 16.0 Å². The first-order chi connectivity index (χ1) is 11.6. The molecule has 1 amide bonds. The summed E-state index contributed by atoms with van der Waals surface area (Å²) in [5.74, 6) is -0.159. The minimum atomic E-state index is -0.823. The Balaban J connectivity index is 1.66. The number of rotatable bonds is 10. The summed E-state index contributed by atoms with van der Waals surface area (Å²) < 4.78 is 5.45. The van der Waals surface area contributed by atoms with Crippen molar-refractivity contribution < 1.29 is 19.4 Å². The van der Waals surface area contributed by atoms with Crippen molar-refractivity contribution in [2.45, 2.75) is 32.1 Å². The van der Waals surface area contributed by atoms with Gasteiger partial charge in [-0.2, -0.15) is 0 Å². The van der Waals surface area contributed by atoms with E-state index in [0.29, 0.717) is 25.2 Å². The zero-order valence-corrected chi connectivity index (χ0v) is 14.2. The third kappa shape index (κ3) is 6.83. The van der Waals surface area contributed by atoms with Crippen molar-refractivity contribution in [2.24, 2.45) is 0 Å². The Morgan fingerprint density at radius 3 is 2.54 bits per heavy atom. The molecule has 0 saturated carbocycles. The standard InChI is InChI=1S/C18H21NO4S/c20-17(6-1-4-16-5-3-13-24-16)19-14-8-10-15(11-9-14)23-12-2-7-18(21)22/h3,5,8-11,13H,1-2,4,6-7,12H2,(H,19,20)(H,21,22). The van der Waals surface area contributed by atoms with Crippen molar-refractivity contribution in [3.8, 4) is 5.75 Å². The molecule has 128 valence electrons. The number of carbonyl (C=O) groups excluding carboxylic acids is 1. The fourth-order valence-corrected chi connectivity index (χ4v) is 2.90. The quantitative estimate of drug-likeness (QED) is 0.638. The smallest absolute Gasteiger partial charge is 0.303 e. The summed E-state index contributed by atoms with van der Waals surface area (Å²) in [7, 11) is 0. The first-order valence-electron chi connectivity index (χ1n) is 7.90. The van der Waals surface area contributed by atoms with Crippen molar-refractivity contribution in [3.63, 3.8) is 0 Å². The van der Waals surface area contributed by atoms with E-state index in [1.54, 1.807) is 35.6 Å². The molecule has 1 heterocycles. The average molecular weight is 347 g/mol. The highest BCUT2D eigenvalue weighted by molar-refractivity contribution is 7.09.